The van der Waals surface area contributed by atoms with E-state index in [9.17, 15) is 9.59 Å². The molecule has 7 heteroatoms. The van der Waals surface area contributed by atoms with Crippen molar-refractivity contribution in [1.82, 2.24) is 15.2 Å². The average molecular weight is 336 g/mol. The number of aryl methyl sites for hydroxylation is 1. The Bertz CT molecular complexity index is 761. The molecule has 1 aliphatic heterocycles. The zero-order valence-corrected chi connectivity index (χ0v) is 13.7. The van der Waals surface area contributed by atoms with Crippen molar-refractivity contribution in [2.24, 2.45) is 0 Å². The van der Waals surface area contributed by atoms with Crippen molar-refractivity contribution in [3.63, 3.8) is 0 Å². The van der Waals surface area contributed by atoms with E-state index in [0.717, 1.165) is 11.1 Å². The molecule has 0 saturated carbocycles. The second-order valence-electron chi connectivity index (χ2n) is 5.35. The van der Waals surface area contributed by atoms with Crippen LogP contribution in [0.4, 0.5) is 4.79 Å². The summed E-state index contributed by atoms with van der Waals surface area (Å²) >= 11 is 7.07. The van der Waals surface area contributed by atoms with Crippen LogP contribution in [-0.4, -0.2) is 21.8 Å². The van der Waals surface area contributed by atoms with Crippen LogP contribution >= 0.6 is 22.9 Å². The van der Waals surface area contributed by atoms with Crippen molar-refractivity contribution < 1.29 is 9.59 Å². The molecule has 1 aromatic carbocycles. The molecule has 1 aliphatic rings. The van der Waals surface area contributed by atoms with E-state index in [1.807, 2.05) is 31.2 Å². The van der Waals surface area contributed by atoms with Crippen LogP contribution in [0.5, 0.6) is 0 Å². The molecule has 3 rings (SSSR count). The highest BCUT2D eigenvalue weighted by Gasteiger charge is 2.49. The Morgan fingerprint density at radius 3 is 2.73 bits per heavy atom. The molecule has 1 atom stereocenters. The molecule has 1 fully saturated rings. The first kappa shape index (κ1) is 15.0. The number of imide groups is 1. The quantitative estimate of drug-likeness (QED) is 0.877. The first-order valence-corrected chi connectivity index (χ1v) is 7.97. The second-order valence-corrected chi connectivity index (χ2v) is 6.79. The number of amides is 3. The van der Waals surface area contributed by atoms with Gasteiger partial charge >= 0.3 is 6.03 Å². The highest BCUT2D eigenvalue weighted by atomic mass is 35.5. The Morgan fingerprint density at radius 2 is 2.09 bits per heavy atom. The molecule has 2 heterocycles. The number of carbonyl (C=O) groups excluding carboxylic acids is 2. The predicted octanol–water partition coefficient (Wildman–Crippen LogP) is 3.07. The Kier molecular flexibility index (Phi) is 3.66. The maximum atomic E-state index is 12.8. The lowest BCUT2D eigenvalue weighted by Crippen LogP contribution is -2.41. The maximum absolute atomic E-state index is 12.8. The lowest BCUT2D eigenvalue weighted by atomic mass is 9.88. The zero-order valence-electron chi connectivity index (χ0n) is 12.1. The third-order valence-electron chi connectivity index (χ3n) is 3.80. The number of hydrogen-bond acceptors (Lipinski definition) is 4. The van der Waals surface area contributed by atoms with Crippen molar-refractivity contribution in [3.8, 4) is 0 Å². The molecular weight excluding hydrogens is 322 g/mol. The number of halogens is 1. The van der Waals surface area contributed by atoms with Crippen LogP contribution in [-0.2, 0) is 16.9 Å². The minimum atomic E-state index is -1.05. The van der Waals surface area contributed by atoms with Crippen LogP contribution in [0.3, 0.4) is 0 Å². The summed E-state index contributed by atoms with van der Waals surface area (Å²) in [5.41, 5.74) is 1.30. The molecule has 1 saturated heterocycles. The van der Waals surface area contributed by atoms with Gasteiger partial charge in [0.2, 0.25) is 0 Å². The topological polar surface area (TPSA) is 62.3 Å². The Labute approximate surface area is 136 Å². The highest BCUT2D eigenvalue weighted by Crippen LogP contribution is 2.31. The summed E-state index contributed by atoms with van der Waals surface area (Å²) in [7, 11) is 0. The van der Waals surface area contributed by atoms with Gasteiger partial charge < -0.3 is 5.32 Å². The molecule has 1 unspecified atom stereocenters. The number of aromatic nitrogens is 1. The predicted molar refractivity (Wildman–Crippen MR) is 84.7 cm³/mol. The van der Waals surface area contributed by atoms with Gasteiger partial charge in [-0.2, -0.15) is 0 Å². The minimum absolute atomic E-state index is 0.120. The second kappa shape index (κ2) is 5.37. The third kappa shape index (κ3) is 2.38. The van der Waals surface area contributed by atoms with Gasteiger partial charge in [0.1, 0.15) is 5.54 Å². The monoisotopic (exact) mass is 335 g/mol. The number of nitrogens with zero attached hydrogens (tertiary/aromatic N) is 2. The lowest BCUT2D eigenvalue weighted by Gasteiger charge is -2.24. The number of urea groups is 1. The van der Waals surface area contributed by atoms with E-state index in [4.69, 9.17) is 11.6 Å². The van der Waals surface area contributed by atoms with Crippen molar-refractivity contribution >= 4 is 34.9 Å². The number of nitrogens with one attached hydrogen (secondary N) is 1. The molecule has 5 nitrogen and oxygen atoms in total. The van der Waals surface area contributed by atoms with Crippen molar-refractivity contribution in [1.29, 1.82) is 0 Å². The molecule has 1 aromatic heterocycles. The molecule has 22 heavy (non-hydrogen) atoms. The fourth-order valence-electron chi connectivity index (χ4n) is 2.67. The van der Waals surface area contributed by atoms with Crippen LogP contribution in [0.2, 0.25) is 4.47 Å². The first-order valence-electron chi connectivity index (χ1n) is 6.72. The van der Waals surface area contributed by atoms with Crippen LogP contribution in [0.1, 0.15) is 23.7 Å². The zero-order chi connectivity index (χ0) is 15.9. The number of rotatable bonds is 3. The Morgan fingerprint density at radius 1 is 1.36 bits per heavy atom. The van der Waals surface area contributed by atoms with E-state index in [1.54, 1.807) is 12.3 Å². The lowest BCUT2D eigenvalue weighted by molar-refractivity contribution is -0.131. The fraction of sp³-hybridized carbons (Fsp3) is 0.267. The van der Waals surface area contributed by atoms with Crippen molar-refractivity contribution in [3.05, 3.63) is 50.9 Å². The van der Waals surface area contributed by atoms with E-state index in [0.29, 0.717) is 10.2 Å². The van der Waals surface area contributed by atoms with Gasteiger partial charge in [-0.1, -0.05) is 35.9 Å². The first-order chi connectivity index (χ1) is 10.4. The van der Waals surface area contributed by atoms with Crippen molar-refractivity contribution in [2.45, 2.75) is 25.9 Å². The average Bonchev–Trinajstić information content (AvgIpc) is 2.97. The van der Waals surface area contributed by atoms with Crippen LogP contribution in [0.25, 0.3) is 0 Å². The van der Waals surface area contributed by atoms with E-state index in [-0.39, 0.29) is 12.5 Å². The molecule has 2 aromatic rings. The molecular formula is C15H14ClN3O2S. The van der Waals surface area contributed by atoms with Crippen LogP contribution in [0, 0.1) is 6.92 Å². The summed E-state index contributed by atoms with van der Waals surface area (Å²) in [6, 6.07) is 7.12. The number of benzene rings is 1. The SMILES string of the molecule is Cc1ccccc1C1(C)NC(=O)N(Cc2csc(Cl)n2)C1=O. The minimum Gasteiger partial charge on any atom is -0.319 e. The van der Waals surface area contributed by atoms with E-state index in [1.165, 1.54) is 16.2 Å². The Balaban J connectivity index is 1.92. The summed E-state index contributed by atoms with van der Waals surface area (Å²) in [5, 5.41) is 4.54. The van der Waals surface area contributed by atoms with E-state index >= 15 is 0 Å². The van der Waals surface area contributed by atoms with Gasteiger partial charge in [-0.25, -0.2) is 9.78 Å². The summed E-state index contributed by atoms with van der Waals surface area (Å²) in [6.07, 6.45) is 0. The largest absolute Gasteiger partial charge is 0.325 e. The van der Waals surface area contributed by atoms with Gasteiger partial charge in [-0.15, -0.1) is 11.3 Å². The smallest absolute Gasteiger partial charge is 0.319 e. The van der Waals surface area contributed by atoms with Crippen LogP contribution < -0.4 is 5.32 Å². The molecule has 114 valence electrons. The Hall–Kier alpha value is -1.92. The van der Waals surface area contributed by atoms with Gasteiger partial charge in [0.05, 0.1) is 12.2 Å². The summed E-state index contributed by atoms with van der Waals surface area (Å²) < 4.78 is 0.392. The van der Waals surface area contributed by atoms with Crippen molar-refractivity contribution in [2.75, 3.05) is 0 Å². The molecule has 0 spiro atoms. The van der Waals surface area contributed by atoms with Crippen LogP contribution in [0.15, 0.2) is 29.6 Å². The standard InChI is InChI=1S/C15H14ClN3O2S/c1-9-5-3-4-6-11(9)15(2)12(20)19(14(21)18-15)7-10-8-22-13(16)17-10/h3-6,8H,7H2,1-2H3,(H,18,21). The number of carbonyl (C=O) groups is 2. The molecule has 0 bridgehead atoms. The van der Waals surface area contributed by atoms with Gasteiger partial charge in [-0.3, -0.25) is 9.69 Å². The number of hydrogen-bond donors (Lipinski definition) is 1. The fourth-order valence-corrected chi connectivity index (χ4v) is 3.45. The van der Waals surface area contributed by atoms with Gasteiger partial charge in [-0.05, 0) is 25.0 Å². The molecule has 0 radical (unpaired) electrons. The summed E-state index contributed by atoms with van der Waals surface area (Å²) in [5.74, 6) is -0.282. The van der Waals surface area contributed by atoms with E-state index < -0.39 is 11.6 Å². The molecule has 0 aliphatic carbocycles. The molecule has 1 N–H and O–H groups in total. The van der Waals surface area contributed by atoms with Gasteiger partial charge in [0.15, 0.2) is 4.47 Å². The molecule has 3 amide bonds. The summed E-state index contributed by atoms with van der Waals surface area (Å²) in [4.78, 5) is 30.3. The normalized spacial score (nSPS) is 21.3. The highest BCUT2D eigenvalue weighted by molar-refractivity contribution is 7.13. The van der Waals surface area contributed by atoms with E-state index in [2.05, 4.69) is 10.3 Å². The maximum Gasteiger partial charge on any atom is 0.325 e. The number of thiazole rings is 1. The van der Waals surface area contributed by atoms with Gasteiger partial charge in [0.25, 0.3) is 5.91 Å². The summed E-state index contributed by atoms with van der Waals surface area (Å²) in [6.45, 7) is 3.77. The third-order valence-corrected chi connectivity index (χ3v) is 4.83. The van der Waals surface area contributed by atoms with Gasteiger partial charge in [0, 0.05) is 5.38 Å².